The molecule has 2 aliphatic rings. The summed E-state index contributed by atoms with van der Waals surface area (Å²) in [6.07, 6.45) is 0. The van der Waals surface area contributed by atoms with Crippen LogP contribution in [0, 0.1) is 0 Å². The number of thioether (sulfide) groups is 1. The summed E-state index contributed by atoms with van der Waals surface area (Å²) in [6, 6.07) is 15.3. The summed E-state index contributed by atoms with van der Waals surface area (Å²) in [4.78, 5) is 33.7. The van der Waals surface area contributed by atoms with Gasteiger partial charge in [0.2, 0.25) is 0 Å². The number of ether oxygens (including phenoxy) is 1. The monoisotopic (exact) mass is 524 g/mol. The first-order valence-electron chi connectivity index (χ1n) is 11.2. The van der Waals surface area contributed by atoms with Crippen molar-refractivity contribution in [3.8, 4) is 5.75 Å². The number of amides is 1. The van der Waals surface area contributed by atoms with Crippen LogP contribution in [0.3, 0.4) is 0 Å². The minimum absolute atomic E-state index is 0.106. The third-order valence-electron chi connectivity index (χ3n) is 6.05. The fourth-order valence-electron chi connectivity index (χ4n) is 4.30. The number of methoxy groups -OCH3 is 1. The van der Waals surface area contributed by atoms with Crippen molar-refractivity contribution in [3.63, 3.8) is 0 Å². The summed E-state index contributed by atoms with van der Waals surface area (Å²) in [6.45, 7) is 5.11. The fraction of sp³-hybridized carbons (Fsp3) is 0.240. The van der Waals surface area contributed by atoms with Gasteiger partial charge in [-0.05, 0) is 50.3 Å². The van der Waals surface area contributed by atoms with Crippen LogP contribution >= 0.6 is 35.3 Å². The van der Waals surface area contributed by atoms with Gasteiger partial charge in [0.1, 0.15) is 25.7 Å². The van der Waals surface area contributed by atoms with Gasteiger partial charge in [0, 0.05) is 31.1 Å². The van der Waals surface area contributed by atoms with Gasteiger partial charge in [-0.2, -0.15) is 0 Å². The van der Waals surface area contributed by atoms with Crippen LogP contribution in [0.4, 0.5) is 11.4 Å². The number of rotatable bonds is 4. The Bertz CT molecular complexity index is 1530. The van der Waals surface area contributed by atoms with E-state index in [1.807, 2.05) is 55.5 Å². The SMILES string of the molecule is CCN1/C(=c2/s/c(=C3/C(=O)N(c4ccccc4)C(=S)N3C)n(CC)c2=O)Sc2ccc(OC)cc21. The molecule has 1 aromatic heterocycles. The molecule has 3 aromatic rings. The number of anilines is 2. The Morgan fingerprint density at radius 2 is 1.77 bits per heavy atom. The van der Waals surface area contributed by atoms with E-state index in [-0.39, 0.29) is 11.5 Å². The topological polar surface area (TPSA) is 58.0 Å². The molecule has 180 valence electrons. The number of nitrogens with zero attached hydrogens (tertiary/aromatic N) is 4. The Labute approximate surface area is 216 Å². The molecule has 2 aliphatic heterocycles. The molecule has 0 aliphatic carbocycles. The van der Waals surface area contributed by atoms with Crippen molar-refractivity contribution < 1.29 is 9.53 Å². The number of likely N-dealkylation sites (N-methyl/N-ethyl adjacent to an activating group) is 1. The highest BCUT2D eigenvalue weighted by Gasteiger charge is 2.39. The van der Waals surface area contributed by atoms with Crippen LogP contribution in [0.2, 0.25) is 0 Å². The normalized spacial score (nSPS) is 18.6. The molecule has 2 aromatic carbocycles. The summed E-state index contributed by atoms with van der Waals surface area (Å²) in [5.74, 6) is 0.535. The maximum atomic E-state index is 13.6. The van der Waals surface area contributed by atoms with Crippen molar-refractivity contribution in [3.05, 3.63) is 68.1 Å². The Hall–Kier alpha value is -3.08. The average Bonchev–Trinajstić information content (AvgIpc) is 3.47. The van der Waals surface area contributed by atoms with Gasteiger partial charge in [-0.1, -0.05) is 30.0 Å². The number of thiocarbonyl (C=S) groups is 1. The summed E-state index contributed by atoms with van der Waals surface area (Å²) in [7, 11) is 3.42. The number of hydrogen-bond donors (Lipinski definition) is 0. The van der Waals surface area contributed by atoms with Gasteiger partial charge >= 0.3 is 0 Å². The number of benzene rings is 2. The zero-order chi connectivity index (χ0) is 24.9. The first kappa shape index (κ1) is 23.7. The summed E-state index contributed by atoms with van der Waals surface area (Å²) < 4.78 is 8.31. The van der Waals surface area contributed by atoms with Gasteiger partial charge in [-0.25, -0.2) is 0 Å². The van der Waals surface area contributed by atoms with Crippen molar-refractivity contribution >= 4 is 68.4 Å². The van der Waals surface area contributed by atoms with Crippen molar-refractivity contribution in [2.75, 3.05) is 30.5 Å². The van der Waals surface area contributed by atoms with Crippen molar-refractivity contribution in [1.29, 1.82) is 0 Å². The minimum atomic E-state index is -0.233. The maximum absolute atomic E-state index is 13.6. The van der Waals surface area contributed by atoms with Gasteiger partial charge in [0.25, 0.3) is 11.5 Å². The Kier molecular flexibility index (Phi) is 6.20. The number of carbonyl (C=O) groups excluding carboxylic acids is 1. The van der Waals surface area contributed by atoms with E-state index < -0.39 is 0 Å². The van der Waals surface area contributed by atoms with Gasteiger partial charge in [0.05, 0.1) is 18.5 Å². The molecular formula is C25H24N4O3S3. The number of aromatic nitrogens is 1. The first-order valence-corrected chi connectivity index (χ1v) is 13.2. The lowest BCUT2D eigenvalue weighted by molar-refractivity contribution is -0.112. The summed E-state index contributed by atoms with van der Waals surface area (Å²) in [5, 5.41) is 1.26. The molecule has 1 amide bonds. The van der Waals surface area contributed by atoms with E-state index in [1.54, 1.807) is 35.4 Å². The van der Waals surface area contributed by atoms with Crippen LogP contribution in [0.5, 0.6) is 5.75 Å². The molecule has 1 fully saturated rings. The number of thiazole rings is 1. The maximum Gasteiger partial charge on any atom is 0.284 e. The van der Waals surface area contributed by atoms with Crippen LogP contribution in [-0.2, 0) is 11.3 Å². The Morgan fingerprint density at radius 3 is 2.43 bits per heavy atom. The first-order chi connectivity index (χ1) is 16.9. The molecule has 0 saturated carbocycles. The summed E-state index contributed by atoms with van der Waals surface area (Å²) in [5.41, 5.74) is 2.03. The van der Waals surface area contributed by atoms with Gasteiger partial charge in [0.15, 0.2) is 5.11 Å². The largest absolute Gasteiger partial charge is 0.497 e. The lowest BCUT2D eigenvalue weighted by Crippen LogP contribution is -2.35. The number of fused-ring (bicyclic) bond motifs is 1. The van der Waals surface area contributed by atoms with Crippen LogP contribution < -0.4 is 29.3 Å². The van der Waals surface area contributed by atoms with Crippen LogP contribution in [0.25, 0.3) is 10.7 Å². The van der Waals surface area contributed by atoms with Gasteiger partial charge in [-0.15, -0.1) is 11.3 Å². The van der Waals surface area contributed by atoms with E-state index in [2.05, 4.69) is 11.8 Å². The minimum Gasteiger partial charge on any atom is -0.497 e. The van der Waals surface area contributed by atoms with Crippen molar-refractivity contribution in [1.82, 2.24) is 9.47 Å². The molecule has 5 rings (SSSR count). The highest BCUT2D eigenvalue weighted by Crippen LogP contribution is 2.47. The van der Waals surface area contributed by atoms with Crippen LogP contribution in [0.1, 0.15) is 13.8 Å². The standard InChI is InChI=1S/C25H24N4O3S3/c1-5-27-17-14-16(32-4)12-13-18(17)34-24(27)20-22(31)28(6-2)23(35-20)19-21(30)29(25(33)26(19)3)15-10-8-7-9-11-15/h7-14H,5-6H2,1-4H3/b23-19-,24-20-. The second kappa shape index (κ2) is 9.18. The molecule has 35 heavy (non-hydrogen) atoms. The molecule has 0 bridgehead atoms. The third-order valence-corrected chi connectivity index (χ3v) is 9.00. The van der Waals surface area contributed by atoms with E-state index in [0.29, 0.717) is 38.8 Å². The molecule has 7 nitrogen and oxygen atoms in total. The lowest BCUT2D eigenvalue weighted by Gasteiger charge is -2.17. The third kappa shape index (κ3) is 3.67. The Balaban J connectivity index is 1.74. The van der Waals surface area contributed by atoms with E-state index in [9.17, 15) is 9.59 Å². The predicted molar refractivity (Wildman–Crippen MR) is 146 cm³/mol. The highest BCUT2D eigenvalue weighted by atomic mass is 32.2. The van der Waals surface area contributed by atoms with Crippen molar-refractivity contribution in [2.24, 2.45) is 0 Å². The zero-order valence-electron chi connectivity index (χ0n) is 19.8. The number of carbonyl (C=O) groups is 1. The van der Waals surface area contributed by atoms with E-state index in [1.165, 1.54) is 16.2 Å². The molecule has 0 unspecified atom stereocenters. The second-order valence-corrected chi connectivity index (χ2v) is 10.3. The molecule has 0 spiro atoms. The van der Waals surface area contributed by atoms with E-state index in [4.69, 9.17) is 17.0 Å². The number of para-hydroxylation sites is 1. The average molecular weight is 525 g/mol. The Morgan fingerprint density at radius 1 is 1.03 bits per heavy atom. The van der Waals surface area contributed by atoms with Crippen LogP contribution in [0.15, 0.2) is 58.2 Å². The molecule has 3 heterocycles. The molecular weight excluding hydrogens is 501 g/mol. The highest BCUT2D eigenvalue weighted by molar-refractivity contribution is 8.08. The molecule has 10 heteroatoms. The lowest BCUT2D eigenvalue weighted by atomic mass is 10.2. The second-order valence-electron chi connectivity index (χ2n) is 7.94. The quantitative estimate of drug-likeness (QED) is 0.487. The zero-order valence-corrected chi connectivity index (χ0v) is 22.2. The molecule has 0 atom stereocenters. The smallest absolute Gasteiger partial charge is 0.284 e. The predicted octanol–water partition coefficient (Wildman–Crippen LogP) is 3.01. The van der Waals surface area contributed by atoms with Gasteiger partial charge in [-0.3, -0.25) is 19.1 Å². The van der Waals surface area contributed by atoms with E-state index in [0.717, 1.165) is 21.4 Å². The number of hydrogen-bond acceptors (Lipinski definition) is 7. The molecule has 0 radical (unpaired) electrons. The van der Waals surface area contributed by atoms with Crippen molar-refractivity contribution in [2.45, 2.75) is 25.3 Å². The van der Waals surface area contributed by atoms with E-state index >= 15 is 0 Å². The molecule has 0 N–H and O–H groups in total. The molecule has 1 saturated heterocycles. The fourth-order valence-corrected chi connectivity index (χ4v) is 7.20. The summed E-state index contributed by atoms with van der Waals surface area (Å²) >= 11 is 8.55. The van der Waals surface area contributed by atoms with Gasteiger partial charge < -0.3 is 14.5 Å². The van der Waals surface area contributed by atoms with Crippen LogP contribution in [-0.4, -0.2) is 41.2 Å².